The van der Waals surface area contributed by atoms with Crippen molar-refractivity contribution in [2.45, 2.75) is 12.5 Å². The van der Waals surface area contributed by atoms with E-state index in [1.165, 1.54) is 0 Å². The Balaban J connectivity index is 3.77. The van der Waals surface area contributed by atoms with Crippen molar-refractivity contribution in [3.8, 4) is 0 Å². The standard InChI is InChI=1S/C11H23N3O/c1-6-10(14(4)5)11(15)12-8-7-9-13(2)3/h6,10H,1,7-9H2,2-5H3,(H,12,15)/t10-/m1/s1. The Kier molecular flexibility index (Phi) is 6.99. The number of carbonyl (C=O) groups excluding carboxylic acids is 1. The number of nitrogens with one attached hydrogen (secondary N) is 1. The second kappa shape index (κ2) is 7.43. The van der Waals surface area contributed by atoms with E-state index in [0.717, 1.165) is 19.5 Å². The van der Waals surface area contributed by atoms with Crippen LogP contribution in [-0.4, -0.2) is 63.0 Å². The highest BCUT2D eigenvalue weighted by Gasteiger charge is 2.15. The van der Waals surface area contributed by atoms with Gasteiger partial charge in [0.1, 0.15) is 6.04 Å². The lowest BCUT2D eigenvalue weighted by Gasteiger charge is -2.20. The molecule has 0 rings (SSSR count). The van der Waals surface area contributed by atoms with Gasteiger partial charge >= 0.3 is 0 Å². The molecule has 0 bridgehead atoms. The first kappa shape index (κ1) is 14.1. The average molecular weight is 213 g/mol. The van der Waals surface area contributed by atoms with Gasteiger partial charge in [0.05, 0.1) is 0 Å². The van der Waals surface area contributed by atoms with Crippen LogP contribution in [0.3, 0.4) is 0 Å². The number of rotatable bonds is 7. The molecule has 4 heteroatoms. The van der Waals surface area contributed by atoms with E-state index in [1.54, 1.807) is 6.08 Å². The molecule has 0 aromatic heterocycles. The number of amides is 1. The van der Waals surface area contributed by atoms with E-state index in [9.17, 15) is 4.79 Å². The zero-order valence-corrected chi connectivity index (χ0v) is 10.3. The van der Waals surface area contributed by atoms with Crippen molar-refractivity contribution in [3.05, 3.63) is 12.7 Å². The third-order valence-corrected chi connectivity index (χ3v) is 2.13. The quantitative estimate of drug-likeness (QED) is 0.484. The van der Waals surface area contributed by atoms with Crippen LogP contribution in [0, 0.1) is 0 Å². The van der Waals surface area contributed by atoms with Crippen molar-refractivity contribution in [2.24, 2.45) is 0 Å². The second-order valence-corrected chi connectivity index (χ2v) is 4.09. The summed E-state index contributed by atoms with van der Waals surface area (Å²) in [6.45, 7) is 5.35. The van der Waals surface area contributed by atoms with Gasteiger partial charge in [-0.05, 0) is 41.2 Å². The molecule has 0 fully saturated rings. The molecular formula is C11H23N3O. The van der Waals surface area contributed by atoms with Crippen molar-refractivity contribution < 1.29 is 4.79 Å². The molecule has 0 aliphatic rings. The first-order valence-corrected chi connectivity index (χ1v) is 5.20. The Bertz CT molecular complexity index is 202. The van der Waals surface area contributed by atoms with E-state index in [2.05, 4.69) is 16.8 Å². The molecule has 0 spiro atoms. The van der Waals surface area contributed by atoms with Crippen LogP contribution in [0.2, 0.25) is 0 Å². The summed E-state index contributed by atoms with van der Waals surface area (Å²) < 4.78 is 0. The van der Waals surface area contributed by atoms with Crippen molar-refractivity contribution in [2.75, 3.05) is 41.3 Å². The molecule has 1 atom stereocenters. The molecule has 0 heterocycles. The maximum Gasteiger partial charge on any atom is 0.241 e. The molecule has 0 aliphatic heterocycles. The second-order valence-electron chi connectivity index (χ2n) is 4.09. The fourth-order valence-corrected chi connectivity index (χ4v) is 1.26. The molecule has 0 aromatic rings. The van der Waals surface area contributed by atoms with Crippen LogP contribution in [0.15, 0.2) is 12.7 Å². The summed E-state index contributed by atoms with van der Waals surface area (Å²) in [4.78, 5) is 15.6. The van der Waals surface area contributed by atoms with Crippen molar-refractivity contribution in [3.63, 3.8) is 0 Å². The first-order valence-electron chi connectivity index (χ1n) is 5.20. The lowest BCUT2D eigenvalue weighted by Crippen LogP contribution is -2.42. The Morgan fingerprint density at radius 1 is 1.40 bits per heavy atom. The lowest BCUT2D eigenvalue weighted by atomic mass is 10.2. The Morgan fingerprint density at radius 2 is 2.00 bits per heavy atom. The van der Waals surface area contributed by atoms with E-state index in [-0.39, 0.29) is 11.9 Å². The van der Waals surface area contributed by atoms with Gasteiger partial charge in [-0.1, -0.05) is 6.08 Å². The summed E-state index contributed by atoms with van der Waals surface area (Å²) in [6.07, 6.45) is 2.62. The highest BCUT2D eigenvalue weighted by Crippen LogP contribution is 1.94. The van der Waals surface area contributed by atoms with E-state index in [4.69, 9.17) is 0 Å². The van der Waals surface area contributed by atoms with Gasteiger partial charge in [0.25, 0.3) is 0 Å². The Labute approximate surface area is 92.9 Å². The zero-order valence-electron chi connectivity index (χ0n) is 10.3. The van der Waals surface area contributed by atoms with E-state index < -0.39 is 0 Å². The van der Waals surface area contributed by atoms with Gasteiger partial charge in [0.2, 0.25) is 5.91 Å². The Hall–Kier alpha value is -0.870. The normalized spacial score (nSPS) is 12.9. The van der Waals surface area contributed by atoms with Crippen LogP contribution in [0.1, 0.15) is 6.42 Å². The SMILES string of the molecule is C=C[C@H](C(=O)NCCCN(C)C)N(C)C. The molecular weight excluding hydrogens is 190 g/mol. The zero-order chi connectivity index (χ0) is 11.8. The van der Waals surface area contributed by atoms with Crippen molar-refractivity contribution in [1.82, 2.24) is 15.1 Å². The third-order valence-electron chi connectivity index (χ3n) is 2.13. The molecule has 0 aliphatic carbocycles. The van der Waals surface area contributed by atoms with Gasteiger partial charge in [0, 0.05) is 6.54 Å². The molecule has 4 nitrogen and oxygen atoms in total. The minimum Gasteiger partial charge on any atom is -0.354 e. The maximum atomic E-state index is 11.6. The molecule has 1 N–H and O–H groups in total. The molecule has 0 unspecified atom stereocenters. The monoisotopic (exact) mass is 213 g/mol. The third kappa shape index (κ3) is 6.25. The number of nitrogens with zero attached hydrogens (tertiary/aromatic N) is 2. The Morgan fingerprint density at radius 3 is 2.40 bits per heavy atom. The highest BCUT2D eigenvalue weighted by molar-refractivity contribution is 5.83. The minimum atomic E-state index is -0.232. The van der Waals surface area contributed by atoms with Crippen LogP contribution < -0.4 is 5.32 Å². The molecule has 0 saturated heterocycles. The summed E-state index contributed by atoms with van der Waals surface area (Å²) in [5, 5.41) is 2.89. The molecule has 88 valence electrons. The number of likely N-dealkylation sites (N-methyl/N-ethyl adjacent to an activating group) is 1. The van der Waals surface area contributed by atoms with Gasteiger partial charge in [-0.3, -0.25) is 9.69 Å². The fourth-order valence-electron chi connectivity index (χ4n) is 1.26. The van der Waals surface area contributed by atoms with Gasteiger partial charge in [-0.2, -0.15) is 0 Å². The van der Waals surface area contributed by atoms with E-state index in [0.29, 0.717) is 0 Å². The number of hydrogen-bond acceptors (Lipinski definition) is 3. The summed E-state index contributed by atoms with van der Waals surface area (Å²) >= 11 is 0. The number of carbonyl (C=O) groups is 1. The largest absolute Gasteiger partial charge is 0.354 e. The van der Waals surface area contributed by atoms with E-state index in [1.807, 2.05) is 33.1 Å². The predicted molar refractivity (Wildman–Crippen MR) is 63.9 cm³/mol. The predicted octanol–water partition coefficient (Wildman–Crippen LogP) is 0.171. The van der Waals surface area contributed by atoms with E-state index >= 15 is 0 Å². The van der Waals surface area contributed by atoms with Crippen molar-refractivity contribution >= 4 is 5.91 Å². The minimum absolute atomic E-state index is 0.0220. The van der Waals surface area contributed by atoms with Gasteiger partial charge in [-0.25, -0.2) is 0 Å². The van der Waals surface area contributed by atoms with Crippen LogP contribution >= 0.6 is 0 Å². The smallest absolute Gasteiger partial charge is 0.241 e. The van der Waals surface area contributed by atoms with Gasteiger partial charge < -0.3 is 10.2 Å². The van der Waals surface area contributed by atoms with Gasteiger partial charge in [-0.15, -0.1) is 6.58 Å². The van der Waals surface area contributed by atoms with Crippen LogP contribution in [0.25, 0.3) is 0 Å². The molecule has 0 saturated carbocycles. The van der Waals surface area contributed by atoms with Gasteiger partial charge in [0.15, 0.2) is 0 Å². The van der Waals surface area contributed by atoms with Crippen LogP contribution in [0.4, 0.5) is 0 Å². The summed E-state index contributed by atoms with van der Waals surface area (Å²) in [5.74, 6) is 0.0220. The fraction of sp³-hybridized carbons (Fsp3) is 0.727. The highest BCUT2D eigenvalue weighted by atomic mass is 16.2. The van der Waals surface area contributed by atoms with Crippen LogP contribution in [-0.2, 0) is 4.79 Å². The van der Waals surface area contributed by atoms with Crippen molar-refractivity contribution in [1.29, 1.82) is 0 Å². The summed E-state index contributed by atoms with van der Waals surface area (Å²) in [5.41, 5.74) is 0. The average Bonchev–Trinajstić information content (AvgIpc) is 2.12. The summed E-state index contributed by atoms with van der Waals surface area (Å²) in [6, 6.07) is -0.232. The lowest BCUT2D eigenvalue weighted by molar-refractivity contribution is -0.124. The molecule has 1 amide bonds. The summed E-state index contributed by atoms with van der Waals surface area (Å²) in [7, 11) is 7.78. The first-order chi connectivity index (χ1) is 6.99. The molecule has 0 aromatic carbocycles. The van der Waals surface area contributed by atoms with Crippen LogP contribution in [0.5, 0.6) is 0 Å². The number of hydrogen-bond donors (Lipinski definition) is 1. The topological polar surface area (TPSA) is 35.6 Å². The molecule has 15 heavy (non-hydrogen) atoms. The molecule has 0 radical (unpaired) electrons. The maximum absolute atomic E-state index is 11.6.